The van der Waals surface area contributed by atoms with E-state index in [-0.39, 0.29) is 5.91 Å². The minimum Gasteiger partial charge on any atom is -0.494 e. The predicted molar refractivity (Wildman–Crippen MR) is 176 cm³/mol. The standard InChI is InChI=1S/C33H40ClN7O5/c1-35-32(42)28-20-38-30(34)19-23(28)9-13-36-29-18-22(17-24(31(29)45-3)7-8-26-11-15-41(2)40-26)12-16-46-21-27-6-4-5-25(39-27)10-14-37-33(43)44/h4-6,11,15,17-20,36-37H,7-10,12-14,16,21H2,1-3H3,(H,35,42)(H,43,44). The summed E-state index contributed by atoms with van der Waals surface area (Å²) < 4.78 is 13.7. The first-order valence-electron chi connectivity index (χ1n) is 15.0. The molecule has 4 N–H and O–H groups in total. The molecule has 0 radical (unpaired) electrons. The number of aryl methyl sites for hydroxylation is 3. The van der Waals surface area contributed by atoms with E-state index in [1.807, 2.05) is 37.5 Å². The molecule has 4 aromatic rings. The van der Waals surface area contributed by atoms with E-state index in [0.717, 1.165) is 58.1 Å². The SMILES string of the molecule is CNC(=O)c1cnc(Cl)cc1CCNc1cc(CCOCc2cccc(CCNC(=O)O)n2)cc(CCc2ccn(C)n2)c1OC. The van der Waals surface area contributed by atoms with Gasteiger partial charge in [-0.25, -0.2) is 9.78 Å². The van der Waals surface area contributed by atoms with Gasteiger partial charge < -0.3 is 30.5 Å². The fourth-order valence-corrected chi connectivity index (χ4v) is 5.26. The van der Waals surface area contributed by atoms with E-state index >= 15 is 0 Å². The molecular formula is C33H40ClN7O5. The molecule has 12 nitrogen and oxygen atoms in total. The van der Waals surface area contributed by atoms with Crippen molar-refractivity contribution in [2.24, 2.45) is 7.05 Å². The minimum atomic E-state index is -1.05. The third kappa shape index (κ3) is 10.2. The molecule has 2 amide bonds. The number of halogens is 1. The molecule has 0 atom stereocenters. The summed E-state index contributed by atoms with van der Waals surface area (Å²) in [5.74, 6) is 0.547. The highest BCUT2D eigenvalue weighted by molar-refractivity contribution is 6.29. The van der Waals surface area contributed by atoms with Gasteiger partial charge in [0.1, 0.15) is 10.9 Å². The Hall–Kier alpha value is -4.68. The molecule has 4 rings (SSSR count). The molecule has 0 aliphatic carbocycles. The van der Waals surface area contributed by atoms with Crippen LogP contribution in [-0.2, 0) is 50.5 Å². The van der Waals surface area contributed by atoms with Gasteiger partial charge in [-0.15, -0.1) is 0 Å². The highest BCUT2D eigenvalue weighted by atomic mass is 35.5. The third-order valence-corrected chi connectivity index (χ3v) is 7.50. The molecule has 0 unspecified atom stereocenters. The monoisotopic (exact) mass is 649 g/mol. The first-order valence-corrected chi connectivity index (χ1v) is 15.4. The number of nitrogens with one attached hydrogen (secondary N) is 3. The van der Waals surface area contributed by atoms with Gasteiger partial charge in [-0.2, -0.15) is 5.10 Å². The number of nitrogens with zero attached hydrogens (tertiary/aromatic N) is 4. The van der Waals surface area contributed by atoms with Crippen LogP contribution >= 0.6 is 11.6 Å². The predicted octanol–water partition coefficient (Wildman–Crippen LogP) is 4.24. The van der Waals surface area contributed by atoms with Gasteiger partial charge in [0.15, 0.2) is 0 Å². The second kappa shape index (κ2) is 17.1. The Balaban J connectivity index is 1.45. The van der Waals surface area contributed by atoms with Crippen molar-refractivity contribution in [1.29, 1.82) is 0 Å². The van der Waals surface area contributed by atoms with Crippen molar-refractivity contribution < 1.29 is 24.2 Å². The Labute approximate surface area is 273 Å². The van der Waals surface area contributed by atoms with Crippen molar-refractivity contribution in [3.05, 3.63) is 99.3 Å². The number of ether oxygens (including phenoxy) is 2. The summed E-state index contributed by atoms with van der Waals surface area (Å²) in [7, 11) is 5.15. The Morgan fingerprint density at radius 3 is 2.54 bits per heavy atom. The summed E-state index contributed by atoms with van der Waals surface area (Å²) in [6.45, 7) is 1.65. The fraction of sp³-hybridized carbons (Fsp3) is 0.364. The van der Waals surface area contributed by atoms with Crippen LogP contribution in [0.3, 0.4) is 0 Å². The fourth-order valence-electron chi connectivity index (χ4n) is 5.08. The molecule has 0 aliphatic heterocycles. The maximum absolute atomic E-state index is 12.4. The van der Waals surface area contributed by atoms with Gasteiger partial charge in [0, 0.05) is 51.7 Å². The number of rotatable bonds is 17. The Bertz CT molecular complexity index is 1630. The first kappa shape index (κ1) is 34.2. The van der Waals surface area contributed by atoms with Gasteiger partial charge in [0.2, 0.25) is 0 Å². The van der Waals surface area contributed by atoms with Gasteiger partial charge >= 0.3 is 6.09 Å². The number of hydrogen-bond donors (Lipinski definition) is 4. The highest BCUT2D eigenvalue weighted by Crippen LogP contribution is 2.32. The molecule has 0 saturated heterocycles. The molecule has 0 saturated carbocycles. The molecule has 46 heavy (non-hydrogen) atoms. The number of aromatic nitrogens is 4. The van der Waals surface area contributed by atoms with Crippen molar-refractivity contribution >= 4 is 29.3 Å². The summed E-state index contributed by atoms with van der Waals surface area (Å²) >= 11 is 6.15. The van der Waals surface area contributed by atoms with E-state index in [1.54, 1.807) is 24.9 Å². The second-order valence-corrected chi connectivity index (χ2v) is 11.0. The summed E-state index contributed by atoms with van der Waals surface area (Å²) in [6.07, 6.45) is 5.58. The molecule has 3 aromatic heterocycles. The molecule has 0 aliphatic rings. The topological polar surface area (TPSA) is 153 Å². The quantitative estimate of drug-likeness (QED) is 0.0972. The van der Waals surface area contributed by atoms with E-state index in [9.17, 15) is 9.59 Å². The maximum atomic E-state index is 12.4. The number of anilines is 1. The van der Waals surface area contributed by atoms with Gasteiger partial charge in [-0.05, 0) is 72.7 Å². The normalized spacial score (nSPS) is 10.9. The average Bonchev–Trinajstić information content (AvgIpc) is 3.46. The maximum Gasteiger partial charge on any atom is 0.404 e. The lowest BCUT2D eigenvalue weighted by molar-refractivity contribution is 0.0961. The van der Waals surface area contributed by atoms with Crippen LogP contribution in [0.15, 0.2) is 54.9 Å². The Morgan fingerprint density at radius 1 is 0.978 bits per heavy atom. The number of carbonyl (C=O) groups is 2. The number of carbonyl (C=O) groups excluding carboxylic acids is 1. The van der Waals surface area contributed by atoms with Crippen LogP contribution < -0.4 is 20.7 Å². The number of hydrogen-bond acceptors (Lipinski definition) is 8. The molecule has 0 spiro atoms. The van der Waals surface area contributed by atoms with Gasteiger partial charge in [-0.3, -0.25) is 14.5 Å². The Kier molecular flexibility index (Phi) is 12.7. The molecule has 13 heteroatoms. The number of amides is 2. The van der Waals surface area contributed by atoms with Crippen molar-refractivity contribution in [2.75, 3.05) is 39.2 Å². The second-order valence-electron chi connectivity index (χ2n) is 10.6. The summed E-state index contributed by atoms with van der Waals surface area (Å²) in [5, 5.41) is 22.2. The molecule has 3 heterocycles. The van der Waals surface area contributed by atoms with Crippen LogP contribution in [0, 0.1) is 0 Å². The van der Waals surface area contributed by atoms with E-state index in [1.165, 1.54) is 6.20 Å². The van der Waals surface area contributed by atoms with Crippen LogP contribution in [0.2, 0.25) is 5.15 Å². The summed E-state index contributed by atoms with van der Waals surface area (Å²) in [6, 6.07) is 13.6. The van der Waals surface area contributed by atoms with Crippen molar-refractivity contribution in [2.45, 2.75) is 38.7 Å². The zero-order valence-electron chi connectivity index (χ0n) is 26.3. The third-order valence-electron chi connectivity index (χ3n) is 7.29. The number of pyridine rings is 2. The number of benzene rings is 1. The zero-order chi connectivity index (χ0) is 32.9. The van der Waals surface area contributed by atoms with E-state index < -0.39 is 6.09 Å². The van der Waals surface area contributed by atoms with Crippen molar-refractivity contribution in [3.8, 4) is 5.75 Å². The van der Waals surface area contributed by atoms with Crippen molar-refractivity contribution in [3.63, 3.8) is 0 Å². The lowest BCUT2D eigenvalue weighted by atomic mass is 10.0. The summed E-state index contributed by atoms with van der Waals surface area (Å²) in [4.78, 5) is 31.7. The summed E-state index contributed by atoms with van der Waals surface area (Å²) in [5.41, 5.74) is 6.85. The molecular weight excluding hydrogens is 610 g/mol. The van der Waals surface area contributed by atoms with E-state index in [4.69, 9.17) is 26.2 Å². The lowest BCUT2D eigenvalue weighted by Crippen LogP contribution is -2.23. The lowest BCUT2D eigenvalue weighted by Gasteiger charge is -2.18. The smallest absolute Gasteiger partial charge is 0.404 e. The minimum absolute atomic E-state index is 0.215. The van der Waals surface area contributed by atoms with Crippen LogP contribution in [0.5, 0.6) is 5.75 Å². The largest absolute Gasteiger partial charge is 0.494 e. The van der Waals surface area contributed by atoms with E-state index in [2.05, 4.69) is 43.1 Å². The van der Waals surface area contributed by atoms with Gasteiger partial charge in [0.05, 0.1) is 43.0 Å². The average molecular weight is 650 g/mol. The zero-order valence-corrected chi connectivity index (χ0v) is 27.1. The first-order chi connectivity index (χ1) is 22.2. The van der Waals surface area contributed by atoms with Crippen LogP contribution in [-0.4, -0.2) is 70.7 Å². The number of methoxy groups -OCH3 is 1. The van der Waals surface area contributed by atoms with Crippen LogP contribution in [0.25, 0.3) is 0 Å². The van der Waals surface area contributed by atoms with Crippen molar-refractivity contribution in [1.82, 2.24) is 30.4 Å². The molecule has 1 aromatic carbocycles. The van der Waals surface area contributed by atoms with Gasteiger partial charge in [0.25, 0.3) is 5.91 Å². The van der Waals surface area contributed by atoms with Crippen LogP contribution in [0.4, 0.5) is 10.5 Å². The van der Waals surface area contributed by atoms with Gasteiger partial charge in [-0.1, -0.05) is 23.7 Å². The van der Waals surface area contributed by atoms with E-state index in [0.29, 0.717) is 56.3 Å². The highest BCUT2D eigenvalue weighted by Gasteiger charge is 2.15. The molecule has 244 valence electrons. The molecule has 0 fully saturated rings. The van der Waals surface area contributed by atoms with Crippen LogP contribution in [0.1, 0.15) is 44.1 Å². The number of carboxylic acid groups (broad SMARTS) is 1. The molecule has 0 bridgehead atoms. The Morgan fingerprint density at radius 2 is 1.80 bits per heavy atom.